The number of aryl methyl sites for hydroxylation is 1. The predicted molar refractivity (Wildman–Crippen MR) is 44.7 cm³/mol. The molecule has 5 nitrogen and oxygen atoms in total. The molecule has 1 N–H and O–H groups in total. The number of aromatic nitrogens is 3. The fraction of sp³-hybridized carbons (Fsp3) is 0.714. The second-order valence-corrected chi connectivity index (χ2v) is 2.83. The minimum absolute atomic E-state index is 0.104. The molecule has 0 saturated carbocycles. The van der Waals surface area contributed by atoms with Crippen molar-refractivity contribution in [1.82, 2.24) is 20.1 Å². The summed E-state index contributed by atoms with van der Waals surface area (Å²) < 4.78 is 39.9. The Morgan fingerprint density at radius 1 is 1.53 bits per heavy atom. The Bertz CT molecular complexity index is 299. The summed E-state index contributed by atoms with van der Waals surface area (Å²) >= 11 is 0. The molecule has 15 heavy (non-hydrogen) atoms. The molecule has 0 fully saturated rings. The molecule has 1 aromatic heterocycles. The van der Waals surface area contributed by atoms with Crippen molar-refractivity contribution in [3.63, 3.8) is 0 Å². The number of nitrogens with zero attached hydrogens (tertiary/aromatic N) is 3. The molecule has 0 amide bonds. The van der Waals surface area contributed by atoms with Gasteiger partial charge in [0.1, 0.15) is 12.2 Å². The molecule has 1 aromatic rings. The summed E-state index contributed by atoms with van der Waals surface area (Å²) in [5.74, 6) is 0.655. The SMILES string of the molecule is Cn1cnnc1CNCCOC(F)(F)F. The summed E-state index contributed by atoms with van der Waals surface area (Å²) in [6, 6.07) is 0. The van der Waals surface area contributed by atoms with E-state index in [1.807, 2.05) is 0 Å². The third-order valence-electron chi connectivity index (χ3n) is 1.63. The lowest BCUT2D eigenvalue weighted by molar-refractivity contribution is -0.323. The molecule has 1 heterocycles. The zero-order valence-electron chi connectivity index (χ0n) is 8.08. The van der Waals surface area contributed by atoms with Gasteiger partial charge in [0.15, 0.2) is 0 Å². The number of nitrogens with one attached hydrogen (secondary N) is 1. The van der Waals surface area contributed by atoms with Crippen LogP contribution in [0, 0.1) is 0 Å². The first-order valence-electron chi connectivity index (χ1n) is 4.23. The van der Waals surface area contributed by atoms with E-state index in [0.29, 0.717) is 12.4 Å². The van der Waals surface area contributed by atoms with Crippen molar-refractivity contribution >= 4 is 0 Å². The molecule has 0 radical (unpaired) electrons. The van der Waals surface area contributed by atoms with E-state index in [9.17, 15) is 13.2 Å². The largest absolute Gasteiger partial charge is 0.522 e. The van der Waals surface area contributed by atoms with Gasteiger partial charge in [0.2, 0.25) is 0 Å². The minimum atomic E-state index is -4.56. The van der Waals surface area contributed by atoms with Crippen LogP contribution >= 0.6 is 0 Å². The normalized spacial score (nSPS) is 12.0. The van der Waals surface area contributed by atoms with E-state index in [-0.39, 0.29) is 6.54 Å². The topological polar surface area (TPSA) is 52.0 Å². The average Bonchev–Trinajstić information content (AvgIpc) is 2.49. The van der Waals surface area contributed by atoms with Gasteiger partial charge in [-0.2, -0.15) is 0 Å². The Morgan fingerprint density at radius 2 is 2.27 bits per heavy atom. The molecule has 0 bridgehead atoms. The van der Waals surface area contributed by atoms with Gasteiger partial charge in [0.05, 0.1) is 13.2 Å². The van der Waals surface area contributed by atoms with Crippen molar-refractivity contribution < 1.29 is 17.9 Å². The van der Waals surface area contributed by atoms with Crippen molar-refractivity contribution in [2.24, 2.45) is 7.05 Å². The van der Waals surface area contributed by atoms with Gasteiger partial charge in [-0.1, -0.05) is 0 Å². The van der Waals surface area contributed by atoms with Crippen molar-refractivity contribution in [2.75, 3.05) is 13.2 Å². The summed E-state index contributed by atoms with van der Waals surface area (Å²) in [5.41, 5.74) is 0. The maximum Gasteiger partial charge on any atom is 0.522 e. The highest BCUT2D eigenvalue weighted by Gasteiger charge is 2.28. The third-order valence-corrected chi connectivity index (χ3v) is 1.63. The molecule has 0 spiro atoms. The Labute approximate surface area is 84.2 Å². The number of ether oxygens (including phenoxy) is 1. The zero-order chi connectivity index (χ0) is 11.3. The lowest BCUT2D eigenvalue weighted by atomic mass is 10.5. The first kappa shape index (κ1) is 11.9. The number of rotatable bonds is 5. The van der Waals surface area contributed by atoms with Gasteiger partial charge >= 0.3 is 6.36 Å². The van der Waals surface area contributed by atoms with Crippen molar-refractivity contribution in [2.45, 2.75) is 12.9 Å². The minimum Gasteiger partial charge on any atom is -0.320 e. The quantitative estimate of drug-likeness (QED) is 0.737. The number of alkyl halides is 3. The van der Waals surface area contributed by atoms with Crippen LogP contribution in [0.15, 0.2) is 6.33 Å². The molecule has 1 rings (SSSR count). The second kappa shape index (κ2) is 5.08. The standard InChI is InChI=1S/C7H11F3N4O/c1-14-5-12-13-6(14)4-11-2-3-15-7(8,9)10/h5,11H,2-4H2,1H3. The zero-order valence-corrected chi connectivity index (χ0v) is 8.08. The smallest absolute Gasteiger partial charge is 0.320 e. The summed E-state index contributed by atoms with van der Waals surface area (Å²) in [5, 5.41) is 10.1. The van der Waals surface area contributed by atoms with Crippen LogP contribution in [0.2, 0.25) is 0 Å². The molecular weight excluding hydrogens is 213 g/mol. The molecule has 0 aliphatic heterocycles. The molecular formula is C7H11F3N4O. The van der Waals surface area contributed by atoms with Gasteiger partial charge in [-0.05, 0) is 0 Å². The Hall–Kier alpha value is -1.15. The fourth-order valence-electron chi connectivity index (χ4n) is 0.906. The lowest BCUT2D eigenvalue weighted by Crippen LogP contribution is -2.24. The van der Waals surface area contributed by atoms with Gasteiger partial charge in [-0.3, -0.25) is 4.74 Å². The number of hydrogen-bond acceptors (Lipinski definition) is 4. The molecule has 0 aliphatic carbocycles. The highest BCUT2D eigenvalue weighted by molar-refractivity contribution is 4.82. The Morgan fingerprint density at radius 3 is 2.80 bits per heavy atom. The van der Waals surface area contributed by atoms with Crippen molar-refractivity contribution in [1.29, 1.82) is 0 Å². The van der Waals surface area contributed by atoms with Crippen LogP contribution in [0.4, 0.5) is 13.2 Å². The van der Waals surface area contributed by atoms with E-state index in [0.717, 1.165) is 0 Å². The molecule has 86 valence electrons. The molecule has 8 heteroatoms. The van der Waals surface area contributed by atoms with Crippen LogP contribution in [0.25, 0.3) is 0 Å². The van der Waals surface area contributed by atoms with Gasteiger partial charge in [-0.15, -0.1) is 23.4 Å². The van der Waals surface area contributed by atoms with E-state index in [1.54, 1.807) is 11.6 Å². The molecule has 0 atom stereocenters. The van der Waals surface area contributed by atoms with E-state index in [1.165, 1.54) is 6.33 Å². The maximum absolute atomic E-state index is 11.5. The van der Waals surface area contributed by atoms with E-state index >= 15 is 0 Å². The number of halogens is 3. The maximum atomic E-state index is 11.5. The van der Waals surface area contributed by atoms with Crippen LogP contribution in [-0.4, -0.2) is 34.3 Å². The predicted octanol–water partition coefficient (Wildman–Crippen LogP) is 0.441. The highest BCUT2D eigenvalue weighted by atomic mass is 19.4. The van der Waals surface area contributed by atoms with Crippen LogP contribution in [0.1, 0.15) is 5.82 Å². The monoisotopic (exact) mass is 224 g/mol. The van der Waals surface area contributed by atoms with Crippen LogP contribution in [0.3, 0.4) is 0 Å². The Balaban J connectivity index is 2.10. The van der Waals surface area contributed by atoms with Crippen molar-refractivity contribution in [3.05, 3.63) is 12.2 Å². The first-order chi connectivity index (χ1) is 6.99. The summed E-state index contributed by atoms with van der Waals surface area (Å²) in [6.07, 6.45) is -3.05. The first-order valence-corrected chi connectivity index (χ1v) is 4.23. The molecule has 0 aliphatic rings. The summed E-state index contributed by atoms with van der Waals surface area (Å²) in [6.45, 7) is 0.0471. The molecule has 0 unspecified atom stereocenters. The highest BCUT2D eigenvalue weighted by Crippen LogP contribution is 2.15. The number of hydrogen-bond donors (Lipinski definition) is 1. The average molecular weight is 224 g/mol. The van der Waals surface area contributed by atoms with E-state index < -0.39 is 13.0 Å². The fourth-order valence-corrected chi connectivity index (χ4v) is 0.906. The van der Waals surface area contributed by atoms with Gasteiger partial charge in [-0.25, -0.2) is 0 Å². The van der Waals surface area contributed by atoms with E-state index in [4.69, 9.17) is 0 Å². The summed E-state index contributed by atoms with van der Waals surface area (Å²) in [7, 11) is 1.75. The van der Waals surface area contributed by atoms with Crippen molar-refractivity contribution in [3.8, 4) is 0 Å². The van der Waals surface area contributed by atoms with Gasteiger partial charge in [0.25, 0.3) is 0 Å². The van der Waals surface area contributed by atoms with Crippen LogP contribution in [0.5, 0.6) is 0 Å². The third kappa shape index (κ3) is 4.75. The molecule has 0 aromatic carbocycles. The van der Waals surface area contributed by atoms with Gasteiger partial charge in [0, 0.05) is 13.6 Å². The van der Waals surface area contributed by atoms with Crippen LogP contribution < -0.4 is 5.32 Å². The second-order valence-electron chi connectivity index (χ2n) is 2.83. The van der Waals surface area contributed by atoms with E-state index in [2.05, 4.69) is 20.3 Å². The Kier molecular flexibility index (Phi) is 4.04. The lowest BCUT2D eigenvalue weighted by Gasteiger charge is -2.07. The molecule has 0 saturated heterocycles. The summed E-state index contributed by atoms with van der Waals surface area (Å²) in [4.78, 5) is 0. The van der Waals surface area contributed by atoms with Gasteiger partial charge < -0.3 is 9.88 Å². The van der Waals surface area contributed by atoms with Crippen LogP contribution in [-0.2, 0) is 18.3 Å².